The molecule has 0 N–H and O–H groups in total. The van der Waals surface area contributed by atoms with Crippen LogP contribution in [0.5, 0.6) is 0 Å². The fourth-order valence-corrected chi connectivity index (χ4v) is 5.81. The number of nitrogens with zero attached hydrogens (tertiary/aromatic N) is 3. The van der Waals surface area contributed by atoms with E-state index in [2.05, 4.69) is 41.5 Å². The van der Waals surface area contributed by atoms with Crippen LogP contribution in [0, 0.1) is 0 Å². The molecule has 0 bridgehead atoms. The Bertz CT molecular complexity index is 1370. The van der Waals surface area contributed by atoms with Crippen molar-refractivity contribution in [3.05, 3.63) is 94.8 Å². The molecule has 212 valence electrons. The van der Waals surface area contributed by atoms with E-state index in [0.29, 0.717) is 26.0 Å². The zero-order chi connectivity index (χ0) is 28.8. The monoisotopic (exact) mass is 555 g/mol. The van der Waals surface area contributed by atoms with E-state index in [0.717, 1.165) is 60.3 Å². The molecule has 3 aromatic rings. The van der Waals surface area contributed by atoms with E-state index in [1.165, 1.54) is 11.6 Å². The Balaban J connectivity index is 1.52. The van der Waals surface area contributed by atoms with Crippen molar-refractivity contribution in [2.45, 2.75) is 70.6 Å². The summed E-state index contributed by atoms with van der Waals surface area (Å²) in [5.41, 5.74) is 3.50. The Kier molecular flexibility index (Phi) is 7.40. The van der Waals surface area contributed by atoms with Crippen molar-refractivity contribution in [1.29, 1.82) is 0 Å². The van der Waals surface area contributed by atoms with Gasteiger partial charge in [0.1, 0.15) is 5.82 Å². The number of alkyl halides is 5. The predicted molar refractivity (Wildman–Crippen MR) is 148 cm³/mol. The highest BCUT2D eigenvalue weighted by Crippen LogP contribution is 2.44. The minimum absolute atomic E-state index is 0.251. The Labute approximate surface area is 232 Å². The fraction of sp³-hybridized carbons (Fsp3) is 0.406. The molecule has 2 aliphatic heterocycles. The molecule has 0 saturated carbocycles. The molecule has 2 atom stereocenters. The third-order valence-electron chi connectivity index (χ3n) is 8.30. The second-order valence-electron chi connectivity index (χ2n) is 11.0. The molecular formula is C32H34F5N3. The average molecular weight is 556 g/mol. The van der Waals surface area contributed by atoms with Gasteiger partial charge < -0.3 is 9.80 Å². The lowest BCUT2D eigenvalue weighted by atomic mass is 9.88. The van der Waals surface area contributed by atoms with Gasteiger partial charge in [0.05, 0.1) is 17.8 Å². The molecule has 8 heteroatoms. The number of likely N-dealkylation sites (tertiary alicyclic amines) is 1. The molecule has 0 aliphatic carbocycles. The number of hydrogen-bond acceptors (Lipinski definition) is 3. The van der Waals surface area contributed by atoms with Crippen LogP contribution in [-0.2, 0) is 25.1 Å². The van der Waals surface area contributed by atoms with Crippen LogP contribution in [0.15, 0.2) is 66.9 Å². The van der Waals surface area contributed by atoms with Gasteiger partial charge in [-0.15, -0.1) is 0 Å². The van der Waals surface area contributed by atoms with Gasteiger partial charge in [-0.3, -0.25) is 0 Å². The highest BCUT2D eigenvalue weighted by molar-refractivity contribution is 5.71. The van der Waals surface area contributed by atoms with Gasteiger partial charge in [0, 0.05) is 48.8 Å². The smallest absolute Gasteiger partial charge is 0.366 e. The third-order valence-corrected chi connectivity index (χ3v) is 8.30. The highest BCUT2D eigenvalue weighted by atomic mass is 19.4. The minimum Gasteiger partial charge on any atom is -0.366 e. The first-order chi connectivity index (χ1) is 18.9. The summed E-state index contributed by atoms with van der Waals surface area (Å²) in [6, 6.07) is 14.9. The minimum atomic E-state index is -4.72. The van der Waals surface area contributed by atoms with Crippen LogP contribution in [0.3, 0.4) is 0 Å². The number of aryl methyl sites for hydroxylation is 1. The normalized spacial score (nSPS) is 19.8. The molecule has 2 unspecified atom stereocenters. The van der Waals surface area contributed by atoms with Crippen LogP contribution in [-0.4, -0.2) is 29.0 Å². The van der Waals surface area contributed by atoms with Gasteiger partial charge in [-0.2, -0.15) is 13.2 Å². The van der Waals surface area contributed by atoms with Crippen molar-refractivity contribution in [3.63, 3.8) is 0 Å². The number of rotatable bonds is 7. The van der Waals surface area contributed by atoms with E-state index in [1.807, 2.05) is 25.1 Å². The highest BCUT2D eigenvalue weighted by Gasteiger charge is 2.39. The van der Waals surface area contributed by atoms with E-state index in [-0.39, 0.29) is 11.6 Å². The van der Waals surface area contributed by atoms with E-state index >= 15 is 0 Å². The number of aromatic nitrogens is 1. The molecule has 3 nitrogen and oxygen atoms in total. The average Bonchev–Trinajstić information content (AvgIpc) is 3.15. The first-order valence-corrected chi connectivity index (χ1v) is 13.7. The van der Waals surface area contributed by atoms with E-state index < -0.39 is 29.1 Å². The van der Waals surface area contributed by atoms with Gasteiger partial charge in [-0.1, -0.05) is 37.8 Å². The van der Waals surface area contributed by atoms with Crippen molar-refractivity contribution >= 4 is 5.82 Å². The van der Waals surface area contributed by atoms with Crippen molar-refractivity contribution < 1.29 is 22.0 Å². The van der Waals surface area contributed by atoms with Gasteiger partial charge in [-0.25, -0.2) is 13.8 Å². The second kappa shape index (κ2) is 10.5. The van der Waals surface area contributed by atoms with Gasteiger partial charge in [0.2, 0.25) is 0 Å². The maximum Gasteiger partial charge on any atom is 0.416 e. The topological polar surface area (TPSA) is 19.4 Å². The first kappa shape index (κ1) is 28.1. The molecule has 2 saturated heterocycles. The largest absolute Gasteiger partial charge is 0.416 e. The van der Waals surface area contributed by atoms with Gasteiger partial charge in [0.25, 0.3) is 5.92 Å². The molecule has 2 fully saturated rings. The Morgan fingerprint density at radius 2 is 1.65 bits per heavy atom. The van der Waals surface area contributed by atoms with Crippen LogP contribution in [0.1, 0.15) is 67.5 Å². The number of hydrogen-bond donors (Lipinski definition) is 0. The van der Waals surface area contributed by atoms with Crippen molar-refractivity contribution in [1.82, 2.24) is 9.88 Å². The van der Waals surface area contributed by atoms with Crippen LogP contribution in [0.25, 0.3) is 11.1 Å². The second-order valence-corrected chi connectivity index (χ2v) is 11.0. The Morgan fingerprint density at radius 3 is 2.27 bits per heavy atom. The molecule has 0 spiro atoms. The van der Waals surface area contributed by atoms with Crippen LogP contribution in [0.4, 0.5) is 27.8 Å². The number of halogens is 5. The third kappa shape index (κ3) is 5.45. The maximum atomic E-state index is 14.2. The lowest BCUT2D eigenvalue weighted by molar-refractivity contribution is -0.137. The quantitative estimate of drug-likeness (QED) is 0.272. The number of benzene rings is 2. The summed E-state index contributed by atoms with van der Waals surface area (Å²) in [4.78, 5) is 9.35. The summed E-state index contributed by atoms with van der Waals surface area (Å²) in [7, 11) is 0. The Hall–Kier alpha value is -3.42. The van der Waals surface area contributed by atoms with E-state index in [1.54, 1.807) is 0 Å². The lowest BCUT2D eigenvalue weighted by Crippen LogP contribution is -2.38. The van der Waals surface area contributed by atoms with Gasteiger partial charge in [-0.05, 0) is 73.2 Å². The summed E-state index contributed by atoms with van der Waals surface area (Å²) in [6.07, 6.45) is -2.37. The summed E-state index contributed by atoms with van der Waals surface area (Å²) < 4.78 is 69.5. The SMILES string of the molecule is C=C1CC(c2cc(C(C)(F)F)cc(C(F)(F)F)c2)C(C)N1Cc1nc(N2CCC2)ccc1-c1ccccc1CC. The van der Waals surface area contributed by atoms with Crippen molar-refractivity contribution in [2.75, 3.05) is 18.0 Å². The zero-order valence-electron chi connectivity index (χ0n) is 23.0. The lowest BCUT2D eigenvalue weighted by Gasteiger charge is -2.33. The molecule has 0 amide bonds. The van der Waals surface area contributed by atoms with E-state index in [4.69, 9.17) is 4.98 Å². The molecule has 0 radical (unpaired) electrons. The summed E-state index contributed by atoms with van der Waals surface area (Å²) in [5.74, 6) is -2.90. The standard InChI is InChI=1S/C32H34F5N3/c1-5-22-9-6-7-10-26(22)27-11-12-30(39-13-8-14-39)38-29(27)19-40-20(2)15-28(21(40)3)23-16-24(31(4,33)34)18-25(17-23)32(35,36)37/h6-7,9-12,16-18,21,28H,2,5,8,13-15,19H2,1,3-4H3. The number of pyridine rings is 1. The maximum absolute atomic E-state index is 14.2. The zero-order valence-corrected chi connectivity index (χ0v) is 23.0. The van der Waals surface area contributed by atoms with Crippen molar-refractivity contribution in [3.8, 4) is 11.1 Å². The van der Waals surface area contributed by atoms with Gasteiger partial charge >= 0.3 is 6.18 Å². The number of anilines is 1. The number of allylic oxidation sites excluding steroid dienone is 1. The molecule has 40 heavy (non-hydrogen) atoms. The fourth-order valence-electron chi connectivity index (χ4n) is 5.81. The summed E-state index contributed by atoms with van der Waals surface area (Å²) >= 11 is 0. The first-order valence-electron chi connectivity index (χ1n) is 13.7. The molecule has 2 aromatic carbocycles. The van der Waals surface area contributed by atoms with Crippen molar-refractivity contribution in [2.24, 2.45) is 0 Å². The van der Waals surface area contributed by atoms with Crippen LogP contribution < -0.4 is 4.90 Å². The van der Waals surface area contributed by atoms with E-state index in [9.17, 15) is 22.0 Å². The summed E-state index contributed by atoms with van der Waals surface area (Å²) in [5, 5.41) is 0. The molecular weight excluding hydrogens is 521 g/mol. The molecule has 5 rings (SSSR count). The molecule has 1 aromatic heterocycles. The molecule has 2 aliphatic rings. The van der Waals surface area contributed by atoms with Gasteiger partial charge in [0.15, 0.2) is 0 Å². The Morgan fingerprint density at radius 1 is 0.950 bits per heavy atom. The predicted octanol–water partition coefficient (Wildman–Crippen LogP) is 8.54. The molecule has 3 heterocycles. The summed E-state index contributed by atoms with van der Waals surface area (Å²) in [6.45, 7) is 11.2. The van der Waals surface area contributed by atoms with Crippen LogP contribution >= 0.6 is 0 Å². The van der Waals surface area contributed by atoms with Crippen LogP contribution in [0.2, 0.25) is 0 Å².